The fourth-order valence-corrected chi connectivity index (χ4v) is 2.23. The normalized spacial score (nSPS) is 12.0. The lowest BCUT2D eigenvalue weighted by Gasteiger charge is -2.20. The molecule has 0 aliphatic heterocycles. The van der Waals surface area contributed by atoms with Gasteiger partial charge in [0.1, 0.15) is 5.75 Å². The van der Waals surface area contributed by atoms with E-state index in [2.05, 4.69) is 24.4 Å². The van der Waals surface area contributed by atoms with Crippen molar-refractivity contribution in [2.24, 2.45) is 0 Å². The SMILES string of the molecule is CCN(CC)C(=O)CNC(C)CCc1ccc(OC)cc1. The number of methoxy groups -OCH3 is 1. The van der Waals surface area contributed by atoms with Crippen molar-refractivity contribution in [1.82, 2.24) is 10.2 Å². The Kier molecular flexibility index (Phi) is 7.83. The minimum absolute atomic E-state index is 0.177. The Hall–Kier alpha value is -1.55. The molecule has 4 nitrogen and oxygen atoms in total. The zero-order chi connectivity index (χ0) is 15.7. The standard InChI is InChI=1S/C17H28N2O2/c1-5-19(6-2)17(20)13-18-14(3)7-8-15-9-11-16(21-4)12-10-15/h9-12,14,18H,5-8,13H2,1-4H3. The van der Waals surface area contributed by atoms with E-state index in [0.29, 0.717) is 12.6 Å². The number of hydrogen-bond donors (Lipinski definition) is 1. The summed E-state index contributed by atoms with van der Waals surface area (Å²) in [5.74, 6) is 1.06. The Morgan fingerprint density at radius 1 is 1.24 bits per heavy atom. The highest BCUT2D eigenvalue weighted by molar-refractivity contribution is 5.78. The zero-order valence-corrected chi connectivity index (χ0v) is 13.7. The van der Waals surface area contributed by atoms with Gasteiger partial charge in [-0.2, -0.15) is 0 Å². The number of ether oxygens (including phenoxy) is 1. The highest BCUT2D eigenvalue weighted by Crippen LogP contribution is 2.13. The average molecular weight is 292 g/mol. The molecule has 0 radical (unpaired) electrons. The summed E-state index contributed by atoms with van der Waals surface area (Å²) in [6.45, 7) is 8.11. The fraction of sp³-hybridized carbons (Fsp3) is 0.588. The second-order valence-corrected chi connectivity index (χ2v) is 5.23. The number of aryl methyl sites for hydroxylation is 1. The first-order chi connectivity index (χ1) is 10.1. The predicted octanol–water partition coefficient (Wildman–Crippen LogP) is 2.47. The van der Waals surface area contributed by atoms with Crippen molar-refractivity contribution >= 4 is 5.91 Å². The molecular formula is C17H28N2O2. The van der Waals surface area contributed by atoms with E-state index in [0.717, 1.165) is 31.7 Å². The van der Waals surface area contributed by atoms with E-state index in [1.54, 1.807) is 7.11 Å². The lowest BCUT2D eigenvalue weighted by molar-refractivity contribution is -0.129. The molecule has 4 heteroatoms. The minimum atomic E-state index is 0.177. The van der Waals surface area contributed by atoms with Gasteiger partial charge in [-0.15, -0.1) is 0 Å². The van der Waals surface area contributed by atoms with Crippen LogP contribution in [0.25, 0.3) is 0 Å². The Balaban J connectivity index is 2.30. The van der Waals surface area contributed by atoms with Crippen LogP contribution in [0.5, 0.6) is 5.75 Å². The van der Waals surface area contributed by atoms with Gasteiger partial charge in [-0.1, -0.05) is 12.1 Å². The molecule has 1 aromatic rings. The molecule has 1 atom stereocenters. The van der Waals surface area contributed by atoms with Crippen LogP contribution in [0.4, 0.5) is 0 Å². The van der Waals surface area contributed by atoms with E-state index in [1.165, 1.54) is 5.56 Å². The summed E-state index contributed by atoms with van der Waals surface area (Å²) in [5, 5.41) is 3.31. The Morgan fingerprint density at radius 3 is 2.38 bits per heavy atom. The average Bonchev–Trinajstić information content (AvgIpc) is 2.52. The maximum atomic E-state index is 11.9. The zero-order valence-electron chi connectivity index (χ0n) is 13.7. The van der Waals surface area contributed by atoms with E-state index in [1.807, 2.05) is 30.9 Å². The van der Waals surface area contributed by atoms with Gasteiger partial charge in [0.25, 0.3) is 0 Å². The quantitative estimate of drug-likeness (QED) is 0.760. The number of nitrogens with zero attached hydrogens (tertiary/aromatic N) is 1. The Labute approximate surface area is 128 Å². The van der Waals surface area contributed by atoms with Crippen LogP contribution in [0.1, 0.15) is 32.8 Å². The van der Waals surface area contributed by atoms with Crippen molar-refractivity contribution < 1.29 is 9.53 Å². The van der Waals surface area contributed by atoms with Crippen LogP contribution in [-0.2, 0) is 11.2 Å². The number of rotatable bonds is 9. The fourth-order valence-electron chi connectivity index (χ4n) is 2.23. The monoisotopic (exact) mass is 292 g/mol. The highest BCUT2D eigenvalue weighted by Gasteiger charge is 2.10. The van der Waals surface area contributed by atoms with Crippen LogP contribution in [-0.4, -0.2) is 43.6 Å². The predicted molar refractivity (Wildman–Crippen MR) is 86.7 cm³/mol. The molecule has 0 heterocycles. The van der Waals surface area contributed by atoms with E-state index in [-0.39, 0.29) is 5.91 Å². The molecule has 0 spiro atoms. The van der Waals surface area contributed by atoms with E-state index in [4.69, 9.17) is 4.74 Å². The molecule has 0 saturated heterocycles. The summed E-state index contributed by atoms with van der Waals surface area (Å²) < 4.78 is 5.15. The second kappa shape index (κ2) is 9.40. The van der Waals surface area contributed by atoms with E-state index < -0.39 is 0 Å². The third kappa shape index (κ3) is 6.17. The van der Waals surface area contributed by atoms with Crippen molar-refractivity contribution in [3.8, 4) is 5.75 Å². The number of carbonyl (C=O) groups is 1. The number of amides is 1. The van der Waals surface area contributed by atoms with E-state index >= 15 is 0 Å². The summed E-state index contributed by atoms with van der Waals surface area (Å²) >= 11 is 0. The Morgan fingerprint density at radius 2 is 1.86 bits per heavy atom. The molecule has 1 rings (SSSR count). The second-order valence-electron chi connectivity index (χ2n) is 5.23. The van der Waals surface area contributed by atoms with Crippen molar-refractivity contribution in [3.63, 3.8) is 0 Å². The maximum Gasteiger partial charge on any atom is 0.236 e. The summed E-state index contributed by atoms with van der Waals surface area (Å²) in [4.78, 5) is 13.8. The van der Waals surface area contributed by atoms with Gasteiger partial charge in [0.15, 0.2) is 0 Å². The Bertz CT molecular complexity index is 413. The largest absolute Gasteiger partial charge is 0.497 e. The van der Waals surface area contributed by atoms with Crippen LogP contribution >= 0.6 is 0 Å². The first kappa shape index (κ1) is 17.5. The first-order valence-electron chi connectivity index (χ1n) is 7.74. The minimum Gasteiger partial charge on any atom is -0.497 e. The summed E-state index contributed by atoms with van der Waals surface area (Å²) in [6.07, 6.45) is 2.01. The molecule has 0 aliphatic carbocycles. The summed E-state index contributed by atoms with van der Waals surface area (Å²) in [6, 6.07) is 8.47. The van der Waals surface area contributed by atoms with E-state index in [9.17, 15) is 4.79 Å². The number of nitrogens with one attached hydrogen (secondary N) is 1. The van der Waals surface area contributed by atoms with Crippen LogP contribution in [0.3, 0.4) is 0 Å². The lowest BCUT2D eigenvalue weighted by atomic mass is 10.1. The molecule has 0 fully saturated rings. The van der Waals surface area contributed by atoms with Crippen LogP contribution in [0.2, 0.25) is 0 Å². The third-order valence-corrected chi connectivity index (χ3v) is 3.74. The van der Waals surface area contributed by atoms with Crippen molar-refractivity contribution in [1.29, 1.82) is 0 Å². The van der Waals surface area contributed by atoms with Gasteiger partial charge in [-0.05, 0) is 51.3 Å². The molecule has 0 aliphatic rings. The molecule has 1 unspecified atom stereocenters. The van der Waals surface area contributed by atoms with Gasteiger partial charge in [0.05, 0.1) is 13.7 Å². The smallest absolute Gasteiger partial charge is 0.236 e. The molecule has 21 heavy (non-hydrogen) atoms. The molecule has 0 aromatic heterocycles. The molecule has 0 bridgehead atoms. The maximum absolute atomic E-state index is 11.9. The molecule has 118 valence electrons. The lowest BCUT2D eigenvalue weighted by Crippen LogP contribution is -2.40. The number of likely N-dealkylation sites (N-methyl/N-ethyl adjacent to an activating group) is 1. The third-order valence-electron chi connectivity index (χ3n) is 3.74. The van der Waals surface area contributed by atoms with Gasteiger partial charge in [0.2, 0.25) is 5.91 Å². The van der Waals surface area contributed by atoms with Gasteiger partial charge < -0.3 is 15.0 Å². The summed E-state index contributed by atoms with van der Waals surface area (Å²) in [5.41, 5.74) is 1.29. The first-order valence-corrected chi connectivity index (χ1v) is 7.74. The summed E-state index contributed by atoms with van der Waals surface area (Å²) in [7, 11) is 1.67. The number of benzene rings is 1. The van der Waals surface area contributed by atoms with Crippen LogP contribution in [0.15, 0.2) is 24.3 Å². The van der Waals surface area contributed by atoms with Gasteiger partial charge in [-0.25, -0.2) is 0 Å². The highest BCUT2D eigenvalue weighted by atomic mass is 16.5. The van der Waals surface area contributed by atoms with Crippen LogP contribution in [0, 0.1) is 0 Å². The molecule has 0 saturated carbocycles. The van der Waals surface area contributed by atoms with Crippen LogP contribution < -0.4 is 10.1 Å². The van der Waals surface area contributed by atoms with Crippen molar-refractivity contribution in [2.75, 3.05) is 26.7 Å². The molecule has 1 aromatic carbocycles. The molecular weight excluding hydrogens is 264 g/mol. The number of hydrogen-bond acceptors (Lipinski definition) is 3. The number of carbonyl (C=O) groups excluding carboxylic acids is 1. The van der Waals surface area contributed by atoms with Gasteiger partial charge in [0, 0.05) is 19.1 Å². The van der Waals surface area contributed by atoms with Gasteiger partial charge in [-0.3, -0.25) is 4.79 Å². The van der Waals surface area contributed by atoms with Gasteiger partial charge >= 0.3 is 0 Å². The topological polar surface area (TPSA) is 41.6 Å². The molecule has 1 N–H and O–H groups in total. The van der Waals surface area contributed by atoms with Crippen molar-refractivity contribution in [2.45, 2.75) is 39.7 Å². The molecule has 1 amide bonds. The van der Waals surface area contributed by atoms with Crippen molar-refractivity contribution in [3.05, 3.63) is 29.8 Å².